The molecule has 0 radical (unpaired) electrons. The van der Waals surface area contributed by atoms with Gasteiger partial charge < -0.3 is 25.4 Å². The minimum Gasteiger partial charge on any atom is -0.481 e. The van der Waals surface area contributed by atoms with Gasteiger partial charge in [-0.2, -0.15) is 0 Å². The van der Waals surface area contributed by atoms with Gasteiger partial charge in [-0.1, -0.05) is 24.3 Å². The van der Waals surface area contributed by atoms with Crippen LogP contribution in [-0.2, 0) is 20.7 Å². The van der Waals surface area contributed by atoms with Gasteiger partial charge >= 0.3 is 5.97 Å². The molecule has 2 heterocycles. The fourth-order valence-electron chi connectivity index (χ4n) is 4.06. The van der Waals surface area contributed by atoms with Gasteiger partial charge in [-0.3, -0.25) is 15.0 Å². The minimum absolute atomic E-state index is 0.0138. The van der Waals surface area contributed by atoms with Crippen molar-refractivity contribution in [2.75, 3.05) is 37.7 Å². The number of morpholine rings is 1. The van der Waals surface area contributed by atoms with Gasteiger partial charge in [0, 0.05) is 36.5 Å². The molecule has 8 heteroatoms. The number of nitrogens with two attached hydrogens (primary N) is 1. The molecule has 0 aromatic heterocycles. The van der Waals surface area contributed by atoms with Crippen LogP contribution in [0.5, 0.6) is 0 Å². The summed E-state index contributed by atoms with van der Waals surface area (Å²) in [4.78, 5) is 28.3. The van der Waals surface area contributed by atoms with E-state index in [1.54, 1.807) is 17.0 Å². The van der Waals surface area contributed by atoms with Crippen molar-refractivity contribution in [3.8, 4) is 0 Å². The molecule has 2 aliphatic rings. The maximum Gasteiger partial charge on any atom is 0.303 e. The zero-order chi connectivity index (χ0) is 22.7. The first-order valence-electron chi connectivity index (χ1n) is 10.6. The number of ether oxygens (including phenoxy) is 1. The van der Waals surface area contributed by atoms with Gasteiger partial charge in [0.15, 0.2) is 0 Å². The van der Waals surface area contributed by atoms with Crippen molar-refractivity contribution in [2.45, 2.75) is 12.8 Å². The Hall–Kier alpha value is -3.65. The number of aliphatic carboxylic acids is 1. The number of nitrogen functional groups attached to an aromatic ring is 1. The fourth-order valence-corrected chi connectivity index (χ4v) is 4.06. The molecule has 1 amide bonds. The normalized spacial score (nSPS) is 16.6. The topological polar surface area (TPSA) is 120 Å². The Morgan fingerprint density at radius 1 is 1.06 bits per heavy atom. The number of hydrogen-bond acceptors (Lipinski definition) is 5. The summed E-state index contributed by atoms with van der Waals surface area (Å²) >= 11 is 0. The van der Waals surface area contributed by atoms with E-state index >= 15 is 0 Å². The molecule has 1 saturated heterocycles. The average molecular weight is 434 g/mol. The Kier molecular flexibility index (Phi) is 6.23. The number of rotatable bonds is 7. The van der Waals surface area contributed by atoms with Crippen LogP contribution in [0.15, 0.2) is 54.2 Å². The highest BCUT2D eigenvalue weighted by Gasteiger charge is 2.35. The zero-order valence-electron chi connectivity index (χ0n) is 17.7. The molecule has 32 heavy (non-hydrogen) atoms. The Bertz CT molecular complexity index is 1050. The van der Waals surface area contributed by atoms with E-state index in [-0.39, 0.29) is 18.2 Å². The van der Waals surface area contributed by atoms with E-state index in [1.807, 2.05) is 36.4 Å². The number of carboxylic acids is 1. The van der Waals surface area contributed by atoms with Crippen LogP contribution in [0, 0.1) is 5.41 Å². The number of hydrogen-bond donors (Lipinski definition) is 3. The van der Waals surface area contributed by atoms with Crippen molar-refractivity contribution in [1.82, 2.24) is 4.90 Å². The molecule has 0 atom stereocenters. The Morgan fingerprint density at radius 3 is 2.31 bits per heavy atom. The number of nitrogens with zero attached hydrogens (tertiary/aromatic N) is 2. The molecule has 4 N–H and O–H groups in total. The minimum atomic E-state index is -0.830. The van der Waals surface area contributed by atoms with Gasteiger partial charge in [-0.05, 0) is 41.8 Å². The van der Waals surface area contributed by atoms with Crippen LogP contribution >= 0.6 is 0 Å². The van der Waals surface area contributed by atoms with E-state index < -0.39 is 5.97 Å². The van der Waals surface area contributed by atoms with Gasteiger partial charge in [0.2, 0.25) is 0 Å². The Morgan fingerprint density at radius 2 is 1.72 bits per heavy atom. The number of benzene rings is 2. The van der Waals surface area contributed by atoms with Crippen molar-refractivity contribution >= 4 is 29.0 Å². The van der Waals surface area contributed by atoms with E-state index in [4.69, 9.17) is 21.0 Å². The van der Waals surface area contributed by atoms with Gasteiger partial charge in [-0.15, -0.1) is 0 Å². The number of carbonyl (C=O) groups is 2. The second-order valence-electron chi connectivity index (χ2n) is 7.86. The third-order valence-corrected chi connectivity index (χ3v) is 5.81. The molecule has 2 aliphatic heterocycles. The lowest BCUT2D eigenvalue weighted by atomic mass is 10.0. The van der Waals surface area contributed by atoms with Gasteiger partial charge in [0.05, 0.1) is 25.3 Å². The van der Waals surface area contributed by atoms with Crippen molar-refractivity contribution in [2.24, 2.45) is 5.73 Å². The van der Waals surface area contributed by atoms with Crippen LogP contribution in [-0.4, -0.2) is 60.6 Å². The van der Waals surface area contributed by atoms with Crippen LogP contribution in [0.2, 0.25) is 0 Å². The molecular weight excluding hydrogens is 408 g/mol. The quantitative estimate of drug-likeness (QED) is 0.453. The molecule has 166 valence electrons. The first kappa shape index (κ1) is 21.6. The number of amides is 1. The number of aryl methyl sites for hydroxylation is 1. The number of nitrogens with one attached hydrogen (secondary N) is 1. The van der Waals surface area contributed by atoms with Crippen LogP contribution in [0.4, 0.5) is 5.69 Å². The summed E-state index contributed by atoms with van der Waals surface area (Å²) < 4.78 is 5.49. The lowest BCUT2D eigenvalue weighted by Gasteiger charge is -2.30. The van der Waals surface area contributed by atoms with Crippen LogP contribution in [0.25, 0.3) is 5.57 Å². The monoisotopic (exact) mass is 434 g/mol. The molecule has 8 nitrogen and oxygen atoms in total. The first-order chi connectivity index (χ1) is 15.4. The van der Waals surface area contributed by atoms with Crippen molar-refractivity contribution < 1.29 is 19.4 Å². The summed E-state index contributed by atoms with van der Waals surface area (Å²) in [6, 6.07) is 14.7. The third kappa shape index (κ3) is 4.50. The van der Waals surface area contributed by atoms with Gasteiger partial charge in [0.1, 0.15) is 5.84 Å². The summed E-state index contributed by atoms with van der Waals surface area (Å²) in [7, 11) is 0. The van der Waals surface area contributed by atoms with Crippen LogP contribution in [0.3, 0.4) is 0 Å². The standard InChI is InChI=1S/C24H26N4O4/c25-23(26)18-6-8-19(9-7-18)28-15-20(27-11-13-32-14-12-27)22(24(28)31)17-4-1-16(2-5-17)3-10-21(29)30/h1-2,4-9H,3,10-15H2,(H3,25,26)(H,29,30). The summed E-state index contributed by atoms with van der Waals surface area (Å²) in [6.07, 6.45) is 0.525. The van der Waals surface area contributed by atoms with Gasteiger partial charge in [0.25, 0.3) is 5.91 Å². The third-order valence-electron chi connectivity index (χ3n) is 5.81. The largest absolute Gasteiger partial charge is 0.481 e. The molecule has 0 spiro atoms. The second-order valence-corrected chi connectivity index (χ2v) is 7.86. The number of carbonyl (C=O) groups excluding carboxylic acids is 1. The molecule has 2 aromatic carbocycles. The molecule has 0 unspecified atom stereocenters. The lowest BCUT2D eigenvalue weighted by Crippen LogP contribution is -2.37. The highest BCUT2D eigenvalue weighted by atomic mass is 16.5. The Labute approximate surface area is 186 Å². The van der Waals surface area contributed by atoms with Crippen LogP contribution < -0.4 is 10.6 Å². The smallest absolute Gasteiger partial charge is 0.303 e. The van der Waals surface area contributed by atoms with E-state index in [2.05, 4.69) is 4.90 Å². The maximum absolute atomic E-state index is 13.5. The highest BCUT2D eigenvalue weighted by molar-refractivity contribution is 6.29. The molecule has 0 bridgehead atoms. The second kappa shape index (κ2) is 9.23. The highest BCUT2D eigenvalue weighted by Crippen LogP contribution is 2.34. The number of amidine groups is 1. The van der Waals surface area contributed by atoms with E-state index in [0.29, 0.717) is 37.3 Å². The van der Waals surface area contributed by atoms with Crippen LogP contribution in [0.1, 0.15) is 23.1 Å². The predicted molar refractivity (Wildman–Crippen MR) is 122 cm³/mol. The van der Waals surface area contributed by atoms with Crippen molar-refractivity contribution in [3.05, 3.63) is 70.9 Å². The molecule has 0 aliphatic carbocycles. The van der Waals surface area contributed by atoms with E-state index in [0.717, 1.165) is 35.6 Å². The summed E-state index contributed by atoms with van der Waals surface area (Å²) in [5, 5.41) is 16.5. The first-order valence-corrected chi connectivity index (χ1v) is 10.6. The fraction of sp³-hybridized carbons (Fsp3) is 0.292. The molecule has 4 rings (SSSR count). The van der Waals surface area contributed by atoms with Crippen molar-refractivity contribution in [3.63, 3.8) is 0 Å². The summed E-state index contributed by atoms with van der Waals surface area (Å²) in [6.45, 7) is 3.13. The SMILES string of the molecule is N=C(N)c1ccc(N2CC(N3CCOCC3)=C(c3ccc(CCC(=O)O)cc3)C2=O)cc1. The Balaban J connectivity index is 1.65. The molecule has 1 fully saturated rings. The van der Waals surface area contributed by atoms with Gasteiger partial charge in [-0.25, -0.2) is 0 Å². The zero-order valence-corrected chi connectivity index (χ0v) is 17.7. The predicted octanol–water partition coefficient (Wildman–Crippen LogP) is 2.08. The molecule has 0 saturated carbocycles. The number of anilines is 1. The van der Waals surface area contributed by atoms with Crippen molar-refractivity contribution in [1.29, 1.82) is 5.41 Å². The van der Waals surface area contributed by atoms with E-state index in [9.17, 15) is 9.59 Å². The summed E-state index contributed by atoms with van der Waals surface area (Å²) in [5.41, 5.74) is 10.3. The maximum atomic E-state index is 13.5. The number of carboxylic acid groups (broad SMARTS) is 1. The van der Waals surface area contributed by atoms with E-state index in [1.165, 1.54) is 0 Å². The summed E-state index contributed by atoms with van der Waals surface area (Å²) in [5.74, 6) is -0.927. The lowest BCUT2D eigenvalue weighted by molar-refractivity contribution is -0.137. The molecular formula is C24H26N4O4. The molecule has 2 aromatic rings. The average Bonchev–Trinajstić information content (AvgIpc) is 3.15.